The Bertz CT molecular complexity index is 639. The fourth-order valence-electron chi connectivity index (χ4n) is 3.10. The number of benzene rings is 2. The molecule has 110 valence electrons. The van der Waals surface area contributed by atoms with Gasteiger partial charge in [0, 0.05) is 5.54 Å². The van der Waals surface area contributed by atoms with Crippen LogP contribution in [0.4, 0.5) is 4.39 Å². The van der Waals surface area contributed by atoms with Gasteiger partial charge in [0.25, 0.3) is 0 Å². The predicted molar refractivity (Wildman–Crippen MR) is 81.9 cm³/mol. The first-order valence-electron chi connectivity index (χ1n) is 7.33. The summed E-state index contributed by atoms with van der Waals surface area (Å²) < 4.78 is 19.1. The molecule has 2 nitrogen and oxygen atoms in total. The first-order chi connectivity index (χ1) is 10.1. The Balaban J connectivity index is 1.86. The number of fused-ring (bicyclic) bond motifs is 1. The molecule has 1 aliphatic rings. The van der Waals surface area contributed by atoms with Crippen LogP contribution in [0.15, 0.2) is 48.5 Å². The second-order valence-electron chi connectivity index (χ2n) is 6.00. The molecule has 0 saturated heterocycles. The minimum atomic E-state index is -0.558. The van der Waals surface area contributed by atoms with Crippen molar-refractivity contribution in [1.82, 2.24) is 0 Å². The first kappa shape index (κ1) is 14.1. The van der Waals surface area contributed by atoms with Gasteiger partial charge in [-0.2, -0.15) is 0 Å². The molecule has 2 unspecified atom stereocenters. The molecule has 21 heavy (non-hydrogen) atoms. The van der Waals surface area contributed by atoms with Crippen LogP contribution in [-0.2, 0) is 5.54 Å². The third-order valence-corrected chi connectivity index (χ3v) is 4.24. The molecule has 2 aromatic carbocycles. The molecular formula is C18H20FNO. The average molecular weight is 285 g/mol. The van der Waals surface area contributed by atoms with Gasteiger partial charge in [-0.1, -0.05) is 30.3 Å². The Morgan fingerprint density at radius 1 is 1.24 bits per heavy atom. The molecule has 0 spiro atoms. The predicted octanol–water partition coefficient (Wildman–Crippen LogP) is 3.96. The smallest absolute Gasteiger partial charge is 0.123 e. The molecule has 0 radical (unpaired) electrons. The molecule has 1 aliphatic heterocycles. The number of rotatable bonds is 3. The number of para-hydroxylation sites is 1. The average Bonchev–Trinajstić information content (AvgIpc) is 2.47. The van der Waals surface area contributed by atoms with Gasteiger partial charge in [0.2, 0.25) is 0 Å². The van der Waals surface area contributed by atoms with Crippen molar-refractivity contribution in [2.45, 2.75) is 31.2 Å². The second-order valence-corrected chi connectivity index (χ2v) is 6.00. The summed E-state index contributed by atoms with van der Waals surface area (Å²) >= 11 is 0. The quantitative estimate of drug-likeness (QED) is 0.926. The molecule has 2 N–H and O–H groups in total. The standard InChI is InChI=1S/C18H20FNO/c1-18(20,14-5-4-6-15(19)11-14)12-13-9-10-21-17-8-3-2-7-16(13)17/h2-8,11,13H,9-10,12,20H2,1H3. The lowest BCUT2D eigenvalue weighted by molar-refractivity contribution is 0.247. The summed E-state index contributed by atoms with van der Waals surface area (Å²) in [6.07, 6.45) is 1.72. The summed E-state index contributed by atoms with van der Waals surface area (Å²) in [5.41, 5.74) is 7.97. The molecule has 2 aromatic rings. The summed E-state index contributed by atoms with van der Waals surface area (Å²) in [5.74, 6) is 1.05. The molecule has 0 aromatic heterocycles. The molecule has 3 rings (SSSR count). The van der Waals surface area contributed by atoms with Crippen molar-refractivity contribution >= 4 is 0 Å². The van der Waals surface area contributed by atoms with Crippen LogP contribution < -0.4 is 10.5 Å². The van der Waals surface area contributed by atoms with Crippen LogP contribution in [0.5, 0.6) is 5.75 Å². The van der Waals surface area contributed by atoms with Gasteiger partial charge in [0.1, 0.15) is 11.6 Å². The lowest BCUT2D eigenvalue weighted by Crippen LogP contribution is -2.36. The third kappa shape index (κ3) is 2.93. The van der Waals surface area contributed by atoms with Crippen LogP contribution in [0, 0.1) is 5.82 Å². The molecule has 0 saturated carbocycles. The maximum Gasteiger partial charge on any atom is 0.123 e. The van der Waals surface area contributed by atoms with Gasteiger partial charge in [-0.15, -0.1) is 0 Å². The number of hydrogen-bond donors (Lipinski definition) is 1. The second kappa shape index (κ2) is 5.49. The maximum absolute atomic E-state index is 13.4. The summed E-state index contributed by atoms with van der Waals surface area (Å²) in [6, 6.07) is 14.7. The topological polar surface area (TPSA) is 35.2 Å². The van der Waals surface area contributed by atoms with Gasteiger partial charge in [-0.3, -0.25) is 0 Å². The normalized spacial score (nSPS) is 20.2. The van der Waals surface area contributed by atoms with E-state index in [1.54, 1.807) is 6.07 Å². The highest BCUT2D eigenvalue weighted by molar-refractivity contribution is 5.38. The zero-order valence-corrected chi connectivity index (χ0v) is 12.2. The van der Waals surface area contributed by atoms with Gasteiger partial charge >= 0.3 is 0 Å². The van der Waals surface area contributed by atoms with Crippen LogP contribution in [0.25, 0.3) is 0 Å². The zero-order chi connectivity index (χ0) is 14.9. The minimum absolute atomic E-state index is 0.239. The molecule has 0 bridgehead atoms. The summed E-state index contributed by atoms with van der Waals surface area (Å²) in [5, 5.41) is 0. The van der Waals surface area contributed by atoms with E-state index in [0.717, 1.165) is 24.2 Å². The molecule has 3 heteroatoms. The van der Waals surface area contributed by atoms with Crippen molar-refractivity contribution in [2.75, 3.05) is 6.61 Å². The number of halogens is 1. The largest absolute Gasteiger partial charge is 0.493 e. The van der Waals surface area contributed by atoms with E-state index in [1.807, 2.05) is 31.2 Å². The van der Waals surface area contributed by atoms with E-state index in [4.69, 9.17) is 10.5 Å². The molecule has 0 amide bonds. The highest BCUT2D eigenvalue weighted by Crippen LogP contribution is 2.40. The molecule has 0 fully saturated rings. The van der Waals surface area contributed by atoms with Crippen molar-refractivity contribution in [3.05, 3.63) is 65.5 Å². The summed E-state index contributed by atoms with van der Waals surface area (Å²) in [7, 11) is 0. The number of ether oxygens (including phenoxy) is 1. The lowest BCUT2D eigenvalue weighted by atomic mass is 9.79. The van der Waals surface area contributed by atoms with E-state index in [2.05, 4.69) is 6.07 Å². The van der Waals surface area contributed by atoms with E-state index in [-0.39, 0.29) is 5.82 Å². The lowest BCUT2D eigenvalue weighted by Gasteiger charge is -2.33. The number of nitrogens with two attached hydrogens (primary N) is 1. The summed E-state index contributed by atoms with van der Waals surface area (Å²) in [6.45, 7) is 2.68. The van der Waals surface area contributed by atoms with Crippen molar-refractivity contribution in [1.29, 1.82) is 0 Å². The Kier molecular flexibility index (Phi) is 3.68. The Hall–Kier alpha value is -1.87. The van der Waals surface area contributed by atoms with Crippen LogP contribution in [0.2, 0.25) is 0 Å². The van der Waals surface area contributed by atoms with E-state index < -0.39 is 5.54 Å². The molecule has 2 atom stereocenters. The minimum Gasteiger partial charge on any atom is -0.493 e. The molecular weight excluding hydrogens is 265 g/mol. The van der Waals surface area contributed by atoms with Gasteiger partial charge < -0.3 is 10.5 Å². The van der Waals surface area contributed by atoms with Crippen molar-refractivity contribution in [2.24, 2.45) is 5.73 Å². The van der Waals surface area contributed by atoms with Gasteiger partial charge in [0.05, 0.1) is 6.61 Å². The van der Waals surface area contributed by atoms with Crippen molar-refractivity contribution in [3.8, 4) is 5.75 Å². The SMILES string of the molecule is CC(N)(CC1CCOc2ccccc21)c1cccc(F)c1. The van der Waals surface area contributed by atoms with Crippen LogP contribution in [-0.4, -0.2) is 6.61 Å². The molecule has 1 heterocycles. The molecule has 0 aliphatic carbocycles. The van der Waals surface area contributed by atoms with Gasteiger partial charge in [-0.05, 0) is 55.0 Å². The van der Waals surface area contributed by atoms with E-state index in [1.165, 1.54) is 17.7 Å². The highest BCUT2D eigenvalue weighted by atomic mass is 19.1. The monoisotopic (exact) mass is 285 g/mol. The summed E-state index contributed by atoms with van der Waals surface area (Å²) in [4.78, 5) is 0. The zero-order valence-electron chi connectivity index (χ0n) is 12.2. The van der Waals surface area contributed by atoms with E-state index in [0.29, 0.717) is 12.5 Å². The maximum atomic E-state index is 13.4. The number of hydrogen-bond acceptors (Lipinski definition) is 2. The van der Waals surface area contributed by atoms with E-state index >= 15 is 0 Å². The van der Waals surface area contributed by atoms with Gasteiger partial charge in [-0.25, -0.2) is 4.39 Å². The first-order valence-corrected chi connectivity index (χ1v) is 7.33. The highest BCUT2D eigenvalue weighted by Gasteiger charge is 2.30. The Morgan fingerprint density at radius 2 is 2.05 bits per heavy atom. The van der Waals surface area contributed by atoms with Crippen LogP contribution >= 0.6 is 0 Å². The Morgan fingerprint density at radius 3 is 2.86 bits per heavy atom. The fourth-order valence-corrected chi connectivity index (χ4v) is 3.10. The Labute approximate surface area is 124 Å². The van der Waals surface area contributed by atoms with E-state index in [9.17, 15) is 4.39 Å². The van der Waals surface area contributed by atoms with Crippen LogP contribution in [0.3, 0.4) is 0 Å². The van der Waals surface area contributed by atoms with Crippen molar-refractivity contribution in [3.63, 3.8) is 0 Å². The third-order valence-electron chi connectivity index (χ3n) is 4.24. The fraction of sp³-hybridized carbons (Fsp3) is 0.333. The van der Waals surface area contributed by atoms with Gasteiger partial charge in [0.15, 0.2) is 0 Å². The van der Waals surface area contributed by atoms with Crippen molar-refractivity contribution < 1.29 is 9.13 Å². The van der Waals surface area contributed by atoms with Crippen LogP contribution in [0.1, 0.15) is 36.8 Å².